The molecule has 26 heavy (non-hydrogen) atoms. The molecule has 0 aliphatic carbocycles. The van der Waals surface area contributed by atoms with Crippen LogP contribution in [0.5, 0.6) is 0 Å². The van der Waals surface area contributed by atoms with E-state index in [-0.39, 0.29) is 6.61 Å². The summed E-state index contributed by atoms with van der Waals surface area (Å²) in [4.78, 5) is 0. The molecule has 0 saturated carbocycles. The lowest BCUT2D eigenvalue weighted by Gasteiger charge is -2.40. The third-order valence-corrected chi connectivity index (χ3v) is 3.62. The van der Waals surface area contributed by atoms with E-state index >= 15 is 0 Å². The van der Waals surface area contributed by atoms with Gasteiger partial charge in [-0.3, -0.25) is 0 Å². The van der Waals surface area contributed by atoms with Gasteiger partial charge < -0.3 is 35.0 Å². The summed E-state index contributed by atoms with van der Waals surface area (Å²) in [7, 11) is 0. The molecule has 0 aromatic heterocycles. The van der Waals surface area contributed by atoms with Gasteiger partial charge in [0.05, 0.1) is 19.3 Å². The highest BCUT2D eigenvalue weighted by molar-refractivity contribution is 5.37. The van der Waals surface area contributed by atoms with E-state index in [9.17, 15) is 20.4 Å². The third-order valence-electron chi connectivity index (χ3n) is 3.62. The van der Waals surface area contributed by atoms with Crippen molar-refractivity contribution in [3.05, 3.63) is 12.2 Å². The standard InChI is InChI=1S/C19H24O7/c1-2-3-4-5-6-7-8-9-10-11-14(12-20)25-19-18(24)17(23)16(22)15(13-21)26-19/h8-9,14-24H,10-13H2,1H3/b9-8+. The van der Waals surface area contributed by atoms with Crippen LogP contribution in [0.25, 0.3) is 0 Å². The monoisotopic (exact) mass is 364 g/mol. The van der Waals surface area contributed by atoms with Crippen LogP contribution in [-0.4, -0.2) is 75.6 Å². The molecule has 142 valence electrons. The van der Waals surface area contributed by atoms with Crippen molar-refractivity contribution in [1.29, 1.82) is 0 Å². The fourth-order valence-corrected chi connectivity index (χ4v) is 2.20. The predicted molar refractivity (Wildman–Crippen MR) is 93.1 cm³/mol. The zero-order chi connectivity index (χ0) is 19.4. The highest BCUT2D eigenvalue weighted by atomic mass is 16.7. The van der Waals surface area contributed by atoms with E-state index in [0.717, 1.165) is 0 Å². The fourth-order valence-electron chi connectivity index (χ4n) is 2.20. The van der Waals surface area contributed by atoms with Crippen molar-refractivity contribution in [2.45, 2.75) is 56.6 Å². The van der Waals surface area contributed by atoms with Gasteiger partial charge in [-0.05, 0) is 49.5 Å². The van der Waals surface area contributed by atoms with Crippen molar-refractivity contribution in [3.63, 3.8) is 0 Å². The van der Waals surface area contributed by atoms with Crippen LogP contribution in [0.1, 0.15) is 19.8 Å². The number of allylic oxidation sites excluding steroid dienone is 2. The predicted octanol–water partition coefficient (Wildman–Crippen LogP) is -1.47. The van der Waals surface area contributed by atoms with Crippen molar-refractivity contribution >= 4 is 0 Å². The highest BCUT2D eigenvalue weighted by Gasteiger charge is 2.44. The molecule has 6 unspecified atom stereocenters. The summed E-state index contributed by atoms with van der Waals surface area (Å²) in [6.07, 6.45) is -3.07. The minimum Gasteiger partial charge on any atom is -0.394 e. The summed E-state index contributed by atoms with van der Waals surface area (Å²) in [6.45, 7) is 0.824. The van der Waals surface area contributed by atoms with Crippen LogP contribution < -0.4 is 0 Å². The minimum atomic E-state index is -1.51. The Kier molecular flexibility index (Phi) is 10.7. The minimum absolute atomic E-state index is 0.324. The van der Waals surface area contributed by atoms with Crippen LogP contribution in [-0.2, 0) is 9.47 Å². The Hall–Kier alpha value is -1.86. The Bertz CT molecular complexity index is 623. The molecule has 7 heteroatoms. The summed E-state index contributed by atoms with van der Waals surface area (Å²) in [5.41, 5.74) is 0. The first-order valence-corrected chi connectivity index (χ1v) is 8.19. The molecule has 1 aliphatic rings. The van der Waals surface area contributed by atoms with E-state index < -0.39 is 43.4 Å². The van der Waals surface area contributed by atoms with Crippen molar-refractivity contribution in [2.75, 3.05) is 13.2 Å². The third kappa shape index (κ3) is 7.17. The van der Waals surface area contributed by atoms with Gasteiger partial charge in [0, 0.05) is 0 Å². The first-order valence-electron chi connectivity index (χ1n) is 8.19. The lowest BCUT2D eigenvalue weighted by atomic mass is 9.99. The molecule has 1 heterocycles. The Labute approximate surface area is 153 Å². The first kappa shape index (κ1) is 22.2. The van der Waals surface area contributed by atoms with Crippen LogP contribution in [0, 0.1) is 35.5 Å². The summed E-state index contributed by atoms with van der Waals surface area (Å²) in [5, 5.41) is 47.9. The van der Waals surface area contributed by atoms with Crippen LogP contribution in [0.3, 0.4) is 0 Å². The van der Waals surface area contributed by atoms with Crippen molar-refractivity contribution in [3.8, 4) is 35.5 Å². The topological polar surface area (TPSA) is 120 Å². The Balaban J connectivity index is 2.48. The van der Waals surface area contributed by atoms with Crippen LogP contribution in [0.4, 0.5) is 0 Å². The van der Waals surface area contributed by atoms with E-state index in [0.29, 0.717) is 12.8 Å². The molecule has 7 nitrogen and oxygen atoms in total. The normalized spacial score (nSPS) is 28.9. The maximum Gasteiger partial charge on any atom is 0.187 e. The lowest BCUT2D eigenvalue weighted by Crippen LogP contribution is -2.59. The molecule has 1 fully saturated rings. The highest BCUT2D eigenvalue weighted by Crippen LogP contribution is 2.23. The number of aliphatic hydroxyl groups is 5. The molecule has 0 bridgehead atoms. The maximum atomic E-state index is 9.92. The van der Waals surface area contributed by atoms with E-state index in [2.05, 4.69) is 35.5 Å². The average molecular weight is 364 g/mol. The van der Waals surface area contributed by atoms with Gasteiger partial charge in [-0.25, -0.2) is 0 Å². The quantitative estimate of drug-likeness (QED) is 0.350. The van der Waals surface area contributed by atoms with Gasteiger partial charge in [0.1, 0.15) is 24.4 Å². The Morgan fingerprint density at radius 1 is 1.04 bits per heavy atom. The van der Waals surface area contributed by atoms with Gasteiger partial charge in [-0.2, -0.15) is 0 Å². The fraction of sp³-hybridized carbons (Fsp3) is 0.579. The molecule has 5 N–H and O–H groups in total. The second-order valence-electron chi connectivity index (χ2n) is 5.51. The number of hydrogen-bond donors (Lipinski definition) is 5. The zero-order valence-corrected chi connectivity index (χ0v) is 14.5. The second kappa shape index (κ2) is 12.5. The number of ether oxygens (including phenoxy) is 2. The van der Waals surface area contributed by atoms with Gasteiger partial charge in [0.25, 0.3) is 0 Å². The van der Waals surface area contributed by atoms with Gasteiger partial charge in [0.2, 0.25) is 0 Å². The Morgan fingerprint density at radius 2 is 1.77 bits per heavy atom. The number of rotatable bonds is 7. The molecular weight excluding hydrogens is 340 g/mol. The largest absolute Gasteiger partial charge is 0.394 e. The summed E-state index contributed by atoms with van der Waals surface area (Å²) in [6, 6.07) is 0. The second-order valence-corrected chi connectivity index (χ2v) is 5.51. The van der Waals surface area contributed by atoms with Crippen molar-refractivity contribution in [2.24, 2.45) is 0 Å². The van der Waals surface area contributed by atoms with Gasteiger partial charge in [-0.1, -0.05) is 17.9 Å². The van der Waals surface area contributed by atoms with Crippen molar-refractivity contribution < 1.29 is 35.0 Å². The van der Waals surface area contributed by atoms with Gasteiger partial charge in [-0.15, -0.1) is 0 Å². The van der Waals surface area contributed by atoms with E-state index in [1.165, 1.54) is 0 Å². The molecule has 1 saturated heterocycles. The van der Waals surface area contributed by atoms with E-state index in [1.54, 1.807) is 19.1 Å². The molecule has 0 amide bonds. The molecule has 0 aromatic carbocycles. The maximum absolute atomic E-state index is 9.92. The average Bonchev–Trinajstić information content (AvgIpc) is 2.65. The van der Waals surface area contributed by atoms with Crippen molar-refractivity contribution in [1.82, 2.24) is 0 Å². The zero-order valence-electron chi connectivity index (χ0n) is 14.5. The molecule has 1 rings (SSSR count). The molecule has 6 atom stereocenters. The number of hydrogen-bond acceptors (Lipinski definition) is 7. The van der Waals surface area contributed by atoms with Crippen LogP contribution in [0.15, 0.2) is 12.2 Å². The summed E-state index contributed by atoms with van der Waals surface area (Å²) in [5.74, 6) is 15.6. The smallest absolute Gasteiger partial charge is 0.187 e. The SMILES string of the molecule is CC#CC#CC#C/C=C/CCC(CO)OC1OC(CO)C(O)C(O)C1O. The van der Waals surface area contributed by atoms with Crippen LogP contribution in [0.2, 0.25) is 0 Å². The molecular formula is C19H24O7. The lowest BCUT2D eigenvalue weighted by molar-refractivity contribution is -0.313. The summed E-state index contributed by atoms with van der Waals surface area (Å²) >= 11 is 0. The van der Waals surface area contributed by atoms with E-state index in [4.69, 9.17) is 14.6 Å². The first-order chi connectivity index (χ1) is 12.5. The molecule has 0 radical (unpaired) electrons. The molecule has 0 aromatic rings. The Morgan fingerprint density at radius 3 is 2.42 bits per heavy atom. The summed E-state index contributed by atoms with van der Waals surface area (Å²) < 4.78 is 10.7. The van der Waals surface area contributed by atoms with Crippen LogP contribution >= 0.6 is 0 Å². The van der Waals surface area contributed by atoms with E-state index in [1.807, 2.05) is 0 Å². The van der Waals surface area contributed by atoms with Gasteiger partial charge >= 0.3 is 0 Å². The number of aliphatic hydroxyl groups excluding tert-OH is 5. The molecule has 0 spiro atoms. The molecule has 1 aliphatic heterocycles. The van der Waals surface area contributed by atoms with Gasteiger partial charge in [0.15, 0.2) is 6.29 Å².